The number of nitrogens with one attached hydrogen (secondary N) is 1. The van der Waals surface area contributed by atoms with Gasteiger partial charge in [-0.15, -0.1) is 0 Å². The zero-order valence-corrected chi connectivity index (χ0v) is 13.7. The summed E-state index contributed by atoms with van der Waals surface area (Å²) in [6.45, 7) is 5.00. The predicted octanol–water partition coefficient (Wildman–Crippen LogP) is 2.63. The quantitative estimate of drug-likeness (QED) is 0.910. The Balaban J connectivity index is 1.73. The van der Waals surface area contributed by atoms with Crippen LogP contribution in [0.5, 0.6) is 0 Å². The van der Waals surface area contributed by atoms with Crippen molar-refractivity contribution in [3.05, 3.63) is 34.9 Å². The third kappa shape index (κ3) is 3.29. The van der Waals surface area contributed by atoms with Crippen LogP contribution in [0.3, 0.4) is 0 Å². The van der Waals surface area contributed by atoms with Crippen LogP contribution in [-0.2, 0) is 9.53 Å². The summed E-state index contributed by atoms with van der Waals surface area (Å²) in [5, 5.41) is 4.02. The Morgan fingerprint density at radius 2 is 2.23 bits per heavy atom. The average molecular weight is 323 g/mol. The van der Waals surface area contributed by atoms with Gasteiger partial charge in [0.25, 0.3) is 0 Å². The molecular formula is C17H23ClN2O2. The van der Waals surface area contributed by atoms with E-state index in [4.69, 9.17) is 16.3 Å². The summed E-state index contributed by atoms with van der Waals surface area (Å²) in [5.74, 6) is 0.348. The summed E-state index contributed by atoms with van der Waals surface area (Å²) >= 11 is 6.28. The van der Waals surface area contributed by atoms with Crippen molar-refractivity contribution in [3.8, 4) is 0 Å². The van der Waals surface area contributed by atoms with Crippen LogP contribution in [0.4, 0.5) is 0 Å². The topological polar surface area (TPSA) is 41.6 Å². The molecule has 0 unspecified atom stereocenters. The molecule has 2 heterocycles. The monoisotopic (exact) mass is 322 g/mol. The number of piperidine rings is 1. The van der Waals surface area contributed by atoms with E-state index < -0.39 is 0 Å². The van der Waals surface area contributed by atoms with Crippen molar-refractivity contribution in [2.45, 2.75) is 31.9 Å². The molecule has 0 radical (unpaired) electrons. The molecule has 2 fully saturated rings. The van der Waals surface area contributed by atoms with E-state index in [1.54, 1.807) is 0 Å². The van der Waals surface area contributed by atoms with Gasteiger partial charge in [0.1, 0.15) is 6.10 Å². The second-order valence-corrected chi connectivity index (χ2v) is 6.63. The van der Waals surface area contributed by atoms with Gasteiger partial charge in [0.2, 0.25) is 5.91 Å². The SMILES string of the molecule is C[C@@H]1CO[C@H](c2ccccc2Cl)CN1C(=O)[C@@H]1CCCNC1. The van der Waals surface area contributed by atoms with Crippen LogP contribution in [-0.4, -0.2) is 43.1 Å². The number of amides is 1. The van der Waals surface area contributed by atoms with Gasteiger partial charge in [-0.3, -0.25) is 4.79 Å². The van der Waals surface area contributed by atoms with E-state index >= 15 is 0 Å². The maximum atomic E-state index is 12.8. The van der Waals surface area contributed by atoms with Crippen molar-refractivity contribution in [3.63, 3.8) is 0 Å². The highest BCUT2D eigenvalue weighted by Crippen LogP contribution is 2.31. The number of carbonyl (C=O) groups excluding carboxylic acids is 1. The number of halogens is 1. The molecule has 120 valence electrons. The highest BCUT2D eigenvalue weighted by atomic mass is 35.5. The van der Waals surface area contributed by atoms with Gasteiger partial charge in [-0.05, 0) is 32.4 Å². The number of hydrogen-bond donors (Lipinski definition) is 1. The molecule has 0 bridgehead atoms. The lowest BCUT2D eigenvalue weighted by Crippen LogP contribution is -2.52. The molecule has 2 saturated heterocycles. The lowest BCUT2D eigenvalue weighted by molar-refractivity contribution is -0.149. The second-order valence-electron chi connectivity index (χ2n) is 6.23. The molecule has 3 rings (SSSR count). The van der Waals surface area contributed by atoms with Crippen LogP contribution in [0.2, 0.25) is 5.02 Å². The summed E-state index contributed by atoms with van der Waals surface area (Å²) in [4.78, 5) is 14.8. The van der Waals surface area contributed by atoms with Crippen LogP contribution in [0.15, 0.2) is 24.3 Å². The molecule has 22 heavy (non-hydrogen) atoms. The molecule has 0 aromatic heterocycles. The fraction of sp³-hybridized carbons (Fsp3) is 0.588. The summed E-state index contributed by atoms with van der Waals surface area (Å²) < 4.78 is 5.93. The minimum Gasteiger partial charge on any atom is -0.369 e. The number of morpholine rings is 1. The Bertz CT molecular complexity index is 531. The van der Waals surface area contributed by atoms with E-state index in [9.17, 15) is 4.79 Å². The molecule has 1 aromatic rings. The summed E-state index contributed by atoms with van der Waals surface area (Å²) in [6.07, 6.45) is 1.92. The zero-order chi connectivity index (χ0) is 15.5. The van der Waals surface area contributed by atoms with E-state index in [0.717, 1.165) is 31.5 Å². The number of ether oxygens (including phenoxy) is 1. The van der Waals surface area contributed by atoms with Crippen LogP contribution < -0.4 is 5.32 Å². The van der Waals surface area contributed by atoms with Gasteiger partial charge in [0.05, 0.1) is 25.1 Å². The van der Waals surface area contributed by atoms with Gasteiger partial charge in [-0.1, -0.05) is 29.8 Å². The number of nitrogens with zero attached hydrogens (tertiary/aromatic N) is 1. The highest BCUT2D eigenvalue weighted by molar-refractivity contribution is 6.31. The fourth-order valence-electron chi connectivity index (χ4n) is 3.29. The van der Waals surface area contributed by atoms with Gasteiger partial charge < -0.3 is 15.0 Å². The van der Waals surface area contributed by atoms with Gasteiger partial charge in [0.15, 0.2) is 0 Å². The minimum absolute atomic E-state index is 0.0983. The van der Waals surface area contributed by atoms with Gasteiger partial charge in [0, 0.05) is 17.1 Å². The van der Waals surface area contributed by atoms with Crippen molar-refractivity contribution in [2.24, 2.45) is 5.92 Å². The number of carbonyl (C=O) groups is 1. The van der Waals surface area contributed by atoms with E-state index in [1.807, 2.05) is 29.2 Å². The molecular weight excluding hydrogens is 300 g/mol. The fourth-order valence-corrected chi connectivity index (χ4v) is 3.54. The highest BCUT2D eigenvalue weighted by Gasteiger charge is 2.34. The Morgan fingerprint density at radius 1 is 1.41 bits per heavy atom. The molecule has 3 atom stereocenters. The standard InChI is InChI=1S/C17H23ClN2O2/c1-12-11-22-16(14-6-2-3-7-15(14)18)10-20(12)17(21)13-5-4-8-19-9-13/h2-3,6-7,12-13,16,19H,4-5,8-11H2,1H3/t12-,13-,16+/m1/s1. The van der Waals surface area contributed by atoms with E-state index in [1.165, 1.54) is 0 Å². The summed E-state index contributed by atoms with van der Waals surface area (Å²) in [7, 11) is 0. The molecule has 1 N–H and O–H groups in total. The van der Waals surface area contributed by atoms with Crippen LogP contribution in [0.25, 0.3) is 0 Å². The van der Waals surface area contributed by atoms with E-state index in [0.29, 0.717) is 18.2 Å². The van der Waals surface area contributed by atoms with Crippen LogP contribution in [0.1, 0.15) is 31.4 Å². The van der Waals surface area contributed by atoms with Crippen molar-refractivity contribution < 1.29 is 9.53 Å². The second kappa shape index (κ2) is 6.99. The van der Waals surface area contributed by atoms with Crippen molar-refractivity contribution in [2.75, 3.05) is 26.2 Å². The van der Waals surface area contributed by atoms with Gasteiger partial charge in [-0.25, -0.2) is 0 Å². The zero-order valence-electron chi connectivity index (χ0n) is 12.9. The van der Waals surface area contributed by atoms with Gasteiger partial charge >= 0.3 is 0 Å². The Morgan fingerprint density at radius 3 is 2.95 bits per heavy atom. The largest absolute Gasteiger partial charge is 0.369 e. The third-order valence-corrected chi connectivity index (χ3v) is 4.96. The molecule has 2 aliphatic heterocycles. The Kier molecular flexibility index (Phi) is 5.01. The van der Waals surface area contributed by atoms with E-state index in [2.05, 4.69) is 12.2 Å². The Labute approximate surface area is 136 Å². The first-order valence-electron chi connectivity index (χ1n) is 8.04. The molecule has 1 amide bonds. The smallest absolute Gasteiger partial charge is 0.227 e. The minimum atomic E-state index is -0.134. The van der Waals surface area contributed by atoms with Crippen LogP contribution in [0, 0.1) is 5.92 Å². The van der Waals surface area contributed by atoms with E-state index in [-0.39, 0.29) is 24.0 Å². The lowest BCUT2D eigenvalue weighted by Gasteiger charge is -2.40. The molecule has 2 aliphatic rings. The molecule has 1 aromatic carbocycles. The van der Waals surface area contributed by atoms with Crippen LogP contribution >= 0.6 is 11.6 Å². The average Bonchev–Trinajstić information content (AvgIpc) is 2.56. The maximum Gasteiger partial charge on any atom is 0.227 e. The first-order valence-corrected chi connectivity index (χ1v) is 8.42. The number of rotatable bonds is 2. The number of hydrogen-bond acceptors (Lipinski definition) is 3. The van der Waals surface area contributed by atoms with Crippen molar-refractivity contribution in [1.29, 1.82) is 0 Å². The third-order valence-electron chi connectivity index (χ3n) is 4.61. The van der Waals surface area contributed by atoms with Crippen molar-refractivity contribution in [1.82, 2.24) is 10.2 Å². The maximum absolute atomic E-state index is 12.8. The first-order chi connectivity index (χ1) is 10.7. The summed E-state index contributed by atoms with van der Waals surface area (Å²) in [5.41, 5.74) is 0.968. The molecule has 5 heteroatoms. The number of benzene rings is 1. The van der Waals surface area contributed by atoms with Gasteiger partial charge in [-0.2, -0.15) is 0 Å². The molecule has 0 spiro atoms. The normalized spacial score (nSPS) is 29.4. The molecule has 0 aliphatic carbocycles. The Hall–Kier alpha value is -1.10. The van der Waals surface area contributed by atoms with Crippen molar-refractivity contribution >= 4 is 17.5 Å². The first kappa shape index (κ1) is 15.8. The molecule has 0 saturated carbocycles. The summed E-state index contributed by atoms with van der Waals surface area (Å²) in [6, 6.07) is 7.84. The predicted molar refractivity (Wildman–Crippen MR) is 86.9 cm³/mol. The lowest BCUT2D eigenvalue weighted by atomic mass is 9.96. The molecule has 4 nitrogen and oxygen atoms in total.